The number of benzene rings is 1. The minimum atomic E-state index is -1.53. The zero-order valence-electron chi connectivity index (χ0n) is 13.3. The van der Waals surface area contributed by atoms with Crippen LogP contribution in [0.5, 0.6) is 0 Å². The van der Waals surface area contributed by atoms with Crippen molar-refractivity contribution in [3.8, 4) is 0 Å². The fourth-order valence-corrected chi connectivity index (χ4v) is 3.83. The van der Waals surface area contributed by atoms with E-state index in [0.29, 0.717) is 5.70 Å². The lowest BCUT2D eigenvalue weighted by Gasteiger charge is -2.40. The predicted octanol–water partition coefficient (Wildman–Crippen LogP) is -1.10. The van der Waals surface area contributed by atoms with Gasteiger partial charge in [-0.2, -0.15) is 0 Å². The number of carbonyl (C=O) groups excluding carboxylic acids is 1. The van der Waals surface area contributed by atoms with Gasteiger partial charge in [0.15, 0.2) is 6.23 Å². The summed E-state index contributed by atoms with van der Waals surface area (Å²) in [6.45, 7) is 3.39. The molecule has 0 radical (unpaired) electrons. The van der Waals surface area contributed by atoms with Crippen LogP contribution in [0.25, 0.3) is 5.70 Å². The van der Waals surface area contributed by atoms with Crippen molar-refractivity contribution in [2.24, 2.45) is 0 Å². The summed E-state index contributed by atoms with van der Waals surface area (Å²) in [6, 6.07) is 7.64. The molecular weight excluding hydrogens is 348 g/mol. The van der Waals surface area contributed by atoms with E-state index in [9.17, 15) is 20.1 Å². The van der Waals surface area contributed by atoms with Crippen molar-refractivity contribution < 1.29 is 30.0 Å². The van der Waals surface area contributed by atoms with Gasteiger partial charge in [-0.3, -0.25) is 4.79 Å². The molecule has 1 aromatic rings. The first kappa shape index (κ1) is 18.2. The minimum absolute atomic E-state index is 0.0345. The van der Waals surface area contributed by atoms with Gasteiger partial charge in [0.2, 0.25) is 5.91 Å². The van der Waals surface area contributed by atoms with E-state index in [4.69, 9.17) is 9.84 Å². The summed E-state index contributed by atoms with van der Waals surface area (Å²) in [5.41, 5.74) is 1.65. The van der Waals surface area contributed by atoms with E-state index < -0.39 is 43.2 Å². The van der Waals surface area contributed by atoms with Crippen LogP contribution < -0.4 is 5.32 Å². The van der Waals surface area contributed by atoms with Crippen molar-refractivity contribution in [2.45, 2.75) is 35.5 Å². The van der Waals surface area contributed by atoms with E-state index in [1.807, 2.05) is 24.3 Å². The molecule has 0 aromatic heterocycles. The first-order chi connectivity index (χ1) is 11.9. The van der Waals surface area contributed by atoms with Gasteiger partial charge in [-0.25, -0.2) is 0 Å². The predicted molar refractivity (Wildman–Crippen MR) is 89.9 cm³/mol. The highest BCUT2D eigenvalue weighted by atomic mass is 32.2. The smallest absolute Gasteiger partial charge is 0.242 e. The summed E-state index contributed by atoms with van der Waals surface area (Å²) < 4.78 is 6.98. The monoisotopic (exact) mass is 368 g/mol. The molecule has 5 atom stereocenters. The number of hydrogen-bond acceptors (Lipinski definition) is 8. The van der Waals surface area contributed by atoms with E-state index in [1.165, 1.54) is 11.9 Å². The highest BCUT2D eigenvalue weighted by Gasteiger charge is 2.44. The number of ether oxygens (including phenoxy) is 1. The Labute approximate surface area is 148 Å². The molecule has 136 valence electrons. The number of carbonyl (C=O) groups is 1. The van der Waals surface area contributed by atoms with Crippen LogP contribution in [0.15, 0.2) is 35.7 Å². The maximum atomic E-state index is 12.3. The molecule has 2 aliphatic heterocycles. The number of nitrogens with one attached hydrogen (secondary N) is 1. The van der Waals surface area contributed by atoms with Gasteiger partial charge in [0.05, 0.1) is 6.61 Å². The molecule has 5 N–H and O–H groups in total. The Morgan fingerprint density at radius 1 is 1.24 bits per heavy atom. The molecule has 1 amide bonds. The zero-order valence-corrected chi connectivity index (χ0v) is 14.1. The van der Waals surface area contributed by atoms with Crippen molar-refractivity contribution in [2.75, 3.05) is 13.2 Å². The molecule has 1 fully saturated rings. The molecule has 1 aromatic carbocycles. The molecule has 8 nitrogen and oxygen atoms in total. The van der Waals surface area contributed by atoms with Crippen LogP contribution >= 0.6 is 11.9 Å². The molecule has 2 heterocycles. The average Bonchev–Trinajstić information content (AvgIpc) is 2.91. The van der Waals surface area contributed by atoms with Crippen LogP contribution in [0.3, 0.4) is 0 Å². The first-order valence-electron chi connectivity index (χ1n) is 7.76. The van der Waals surface area contributed by atoms with Gasteiger partial charge < -0.3 is 34.8 Å². The Morgan fingerprint density at radius 3 is 2.64 bits per heavy atom. The SMILES string of the molecule is C=C1c2ccccc2SN1CC(=O)NC1OC(CO)C(O)C(O)C1O. The van der Waals surface area contributed by atoms with Crippen molar-refractivity contribution in [1.29, 1.82) is 0 Å². The lowest BCUT2D eigenvalue weighted by Crippen LogP contribution is -2.63. The standard InChI is InChI=1S/C16H20N2O6S/c1-8-9-4-2-3-5-11(9)25-18(8)6-12(20)17-16-15(23)14(22)13(21)10(7-19)24-16/h2-5,10,13-16,19,21-23H,1,6-7H2,(H,17,20). The van der Waals surface area contributed by atoms with Gasteiger partial charge in [0.1, 0.15) is 31.0 Å². The Bertz CT molecular complexity index is 670. The van der Waals surface area contributed by atoms with Crippen LogP contribution in [-0.2, 0) is 9.53 Å². The van der Waals surface area contributed by atoms with E-state index in [2.05, 4.69) is 11.9 Å². The van der Waals surface area contributed by atoms with Gasteiger partial charge in [-0.05, 0) is 18.0 Å². The van der Waals surface area contributed by atoms with Crippen molar-refractivity contribution in [1.82, 2.24) is 9.62 Å². The van der Waals surface area contributed by atoms with Crippen LogP contribution in [0.1, 0.15) is 5.56 Å². The topological polar surface area (TPSA) is 122 Å². The molecule has 5 unspecified atom stereocenters. The molecule has 0 aliphatic carbocycles. The highest BCUT2D eigenvalue weighted by molar-refractivity contribution is 7.97. The maximum Gasteiger partial charge on any atom is 0.242 e. The second kappa shape index (κ2) is 7.32. The van der Waals surface area contributed by atoms with Gasteiger partial charge >= 0.3 is 0 Å². The van der Waals surface area contributed by atoms with Gasteiger partial charge in [0, 0.05) is 16.2 Å². The molecule has 1 saturated heterocycles. The number of aliphatic hydroxyl groups excluding tert-OH is 4. The third-order valence-electron chi connectivity index (χ3n) is 4.19. The molecule has 0 bridgehead atoms. The Kier molecular flexibility index (Phi) is 5.32. The van der Waals surface area contributed by atoms with E-state index >= 15 is 0 Å². The molecule has 25 heavy (non-hydrogen) atoms. The number of rotatable bonds is 4. The molecule has 0 spiro atoms. The van der Waals surface area contributed by atoms with Crippen LogP contribution in [0.4, 0.5) is 0 Å². The largest absolute Gasteiger partial charge is 0.394 e. The molecule has 2 aliphatic rings. The van der Waals surface area contributed by atoms with E-state index in [1.54, 1.807) is 4.31 Å². The summed E-state index contributed by atoms with van der Waals surface area (Å²) in [4.78, 5) is 13.3. The fraction of sp³-hybridized carbons (Fsp3) is 0.438. The lowest BCUT2D eigenvalue weighted by molar-refractivity contribution is -0.235. The van der Waals surface area contributed by atoms with Crippen LogP contribution in [0.2, 0.25) is 0 Å². The van der Waals surface area contributed by atoms with Crippen LogP contribution in [-0.4, -0.2) is 74.4 Å². The van der Waals surface area contributed by atoms with Gasteiger partial charge in [-0.15, -0.1) is 0 Å². The molecule has 0 saturated carbocycles. The summed E-state index contributed by atoms with van der Waals surface area (Å²) in [7, 11) is 0. The average molecular weight is 368 g/mol. The number of nitrogens with zero attached hydrogens (tertiary/aromatic N) is 1. The molecule has 9 heteroatoms. The Hall–Kier alpha value is -1.62. The lowest BCUT2D eigenvalue weighted by atomic mass is 9.98. The highest BCUT2D eigenvalue weighted by Crippen LogP contribution is 2.41. The molecule has 3 rings (SSSR count). The summed E-state index contributed by atoms with van der Waals surface area (Å²) >= 11 is 1.38. The van der Waals surface area contributed by atoms with E-state index in [-0.39, 0.29) is 6.54 Å². The normalized spacial score (nSPS) is 31.8. The van der Waals surface area contributed by atoms with Gasteiger partial charge in [0.25, 0.3) is 0 Å². The summed E-state index contributed by atoms with van der Waals surface area (Å²) in [5, 5.41) is 41.1. The third kappa shape index (κ3) is 3.52. The second-order valence-corrected chi connectivity index (χ2v) is 6.95. The van der Waals surface area contributed by atoms with E-state index in [0.717, 1.165) is 10.5 Å². The van der Waals surface area contributed by atoms with Crippen molar-refractivity contribution in [3.63, 3.8) is 0 Å². The third-order valence-corrected chi connectivity index (χ3v) is 5.31. The second-order valence-electron chi connectivity index (χ2n) is 5.89. The Morgan fingerprint density at radius 2 is 1.96 bits per heavy atom. The number of fused-ring (bicyclic) bond motifs is 1. The Balaban J connectivity index is 1.61. The number of aliphatic hydroxyl groups is 4. The number of amides is 1. The summed E-state index contributed by atoms with van der Waals surface area (Å²) in [5.74, 6) is -0.453. The quantitative estimate of drug-likeness (QED) is 0.425. The summed E-state index contributed by atoms with van der Waals surface area (Å²) in [6.07, 6.45) is -6.79. The van der Waals surface area contributed by atoms with Crippen molar-refractivity contribution in [3.05, 3.63) is 36.4 Å². The minimum Gasteiger partial charge on any atom is -0.394 e. The number of hydrogen-bond donors (Lipinski definition) is 5. The maximum absolute atomic E-state index is 12.3. The zero-order chi connectivity index (χ0) is 18.1. The molecular formula is C16H20N2O6S. The van der Waals surface area contributed by atoms with Gasteiger partial charge in [-0.1, -0.05) is 24.8 Å². The van der Waals surface area contributed by atoms with Crippen LogP contribution in [0, 0.1) is 0 Å². The van der Waals surface area contributed by atoms with Crippen molar-refractivity contribution >= 4 is 23.6 Å². The first-order valence-corrected chi connectivity index (χ1v) is 8.53. The fourth-order valence-electron chi connectivity index (χ4n) is 2.78.